The lowest BCUT2D eigenvalue weighted by Crippen LogP contribution is -2.25. The first-order valence-corrected chi connectivity index (χ1v) is 14.9. The number of fused-ring (bicyclic) bond motifs is 7. The molecular weight excluding hydrogens is 522 g/mol. The van der Waals surface area contributed by atoms with Crippen molar-refractivity contribution in [2.24, 2.45) is 0 Å². The second-order valence-electron chi connectivity index (χ2n) is 11.6. The number of hydrogen-bond donors (Lipinski definition) is 1. The molecule has 3 heterocycles. The Labute approximate surface area is 249 Å². The van der Waals surface area contributed by atoms with Crippen molar-refractivity contribution >= 4 is 54.4 Å². The summed E-state index contributed by atoms with van der Waals surface area (Å²) in [6, 6.07) is 46.7. The van der Waals surface area contributed by atoms with Gasteiger partial charge in [0.2, 0.25) is 0 Å². The molecule has 0 aliphatic carbocycles. The minimum absolute atomic E-state index is 0.0665. The monoisotopic (exact) mass is 551 g/mol. The summed E-state index contributed by atoms with van der Waals surface area (Å²) in [6.07, 6.45) is 6.40. The van der Waals surface area contributed by atoms with Gasteiger partial charge in [-0.1, -0.05) is 91.0 Å². The molecule has 43 heavy (non-hydrogen) atoms. The quantitative estimate of drug-likeness (QED) is 0.232. The highest BCUT2D eigenvalue weighted by molar-refractivity contribution is 6.18. The fraction of sp³-hybridized carbons (Fsp3) is 0.0500. The molecule has 3 nitrogen and oxygen atoms in total. The number of aromatic nitrogens is 2. The van der Waals surface area contributed by atoms with Gasteiger partial charge >= 0.3 is 0 Å². The van der Waals surface area contributed by atoms with Gasteiger partial charge in [-0.2, -0.15) is 0 Å². The molecule has 1 aliphatic rings. The molecule has 2 aromatic heterocycles. The number of nitrogens with zero attached hydrogens (tertiary/aromatic N) is 2. The topological polar surface area (TPSA) is 21.9 Å². The van der Waals surface area contributed by atoms with E-state index in [2.05, 4.69) is 161 Å². The summed E-state index contributed by atoms with van der Waals surface area (Å²) in [4.78, 5) is 0. The van der Waals surface area contributed by atoms with Crippen LogP contribution < -0.4 is 5.32 Å². The Hall–Kier alpha value is -5.54. The Morgan fingerprint density at radius 3 is 2.09 bits per heavy atom. The maximum atomic E-state index is 3.61. The van der Waals surface area contributed by atoms with Gasteiger partial charge in [-0.25, -0.2) is 0 Å². The van der Waals surface area contributed by atoms with Gasteiger partial charge in [0.05, 0.1) is 22.1 Å². The molecule has 0 bridgehead atoms. The molecule has 0 saturated carbocycles. The molecular formula is C40H29N3. The summed E-state index contributed by atoms with van der Waals surface area (Å²) in [7, 11) is 0. The van der Waals surface area contributed by atoms with E-state index < -0.39 is 0 Å². The lowest BCUT2D eigenvalue weighted by molar-refractivity contribution is 0.546. The van der Waals surface area contributed by atoms with E-state index in [1.54, 1.807) is 0 Å². The van der Waals surface area contributed by atoms with E-state index in [4.69, 9.17) is 0 Å². The zero-order valence-corrected chi connectivity index (χ0v) is 23.8. The van der Waals surface area contributed by atoms with Gasteiger partial charge in [0.1, 0.15) is 6.17 Å². The number of dihydropyridines is 1. The first kappa shape index (κ1) is 24.1. The van der Waals surface area contributed by atoms with Crippen LogP contribution in [0.5, 0.6) is 0 Å². The van der Waals surface area contributed by atoms with Crippen LogP contribution in [-0.4, -0.2) is 9.13 Å². The third kappa shape index (κ3) is 3.61. The third-order valence-corrected chi connectivity index (χ3v) is 9.09. The summed E-state index contributed by atoms with van der Waals surface area (Å²) in [5, 5.41) is 11.2. The number of hydrogen-bond acceptors (Lipinski definition) is 1. The van der Waals surface area contributed by atoms with Crippen LogP contribution in [0.3, 0.4) is 0 Å². The van der Waals surface area contributed by atoms with Crippen LogP contribution in [-0.2, 0) is 0 Å². The SMILES string of the molecule is CC1=CC=CNC1n1c2ccccc2c2cc3c(cc21)c1ccccc1n3-c1cccc(-c2ccc3ccccc3c2)c1. The fourth-order valence-corrected chi connectivity index (χ4v) is 7.06. The Balaban J connectivity index is 1.32. The highest BCUT2D eigenvalue weighted by Crippen LogP contribution is 2.40. The van der Waals surface area contributed by atoms with E-state index in [-0.39, 0.29) is 6.17 Å². The smallest absolute Gasteiger partial charge is 0.126 e. The van der Waals surface area contributed by atoms with Crippen LogP contribution in [0.15, 0.2) is 151 Å². The number of rotatable bonds is 3. The minimum atomic E-state index is 0.0665. The molecule has 3 heteroatoms. The van der Waals surface area contributed by atoms with E-state index in [1.807, 2.05) is 6.20 Å². The predicted octanol–water partition coefficient (Wildman–Crippen LogP) is 10.3. The zero-order chi connectivity index (χ0) is 28.5. The first-order valence-electron chi connectivity index (χ1n) is 14.9. The summed E-state index contributed by atoms with van der Waals surface area (Å²) < 4.78 is 4.90. The zero-order valence-electron chi connectivity index (χ0n) is 23.8. The number of para-hydroxylation sites is 2. The third-order valence-electron chi connectivity index (χ3n) is 9.09. The maximum Gasteiger partial charge on any atom is 0.126 e. The molecule has 1 N–H and O–H groups in total. The van der Waals surface area contributed by atoms with Crippen LogP contribution in [0.2, 0.25) is 0 Å². The summed E-state index contributed by atoms with van der Waals surface area (Å²) >= 11 is 0. The van der Waals surface area contributed by atoms with E-state index in [9.17, 15) is 0 Å². The first-order chi connectivity index (χ1) is 21.2. The Morgan fingerprint density at radius 1 is 0.535 bits per heavy atom. The largest absolute Gasteiger partial charge is 0.368 e. The highest BCUT2D eigenvalue weighted by atomic mass is 15.2. The standard InChI is InChI=1S/C40H29N3/c1-26-10-9-21-41-40(26)43-37-18-7-5-16-33(37)35-24-38-34(25-39(35)43)32-15-4-6-17-36(32)42(38)31-14-8-13-29(23-31)30-20-19-27-11-2-3-12-28(27)22-30/h2-25,40-41H,1H3. The maximum absolute atomic E-state index is 3.61. The Morgan fingerprint density at radius 2 is 1.23 bits per heavy atom. The Kier molecular flexibility index (Phi) is 5.17. The van der Waals surface area contributed by atoms with Crippen LogP contribution in [0, 0.1) is 0 Å². The van der Waals surface area contributed by atoms with E-state index in [0.29, 0.717) is 0 Å². The van der Waals surface area contributed by atoms with Crippen molar-refractivity contribution in [3.05, 3.63) is 151 Å². The van der Waals surface area contributed by atoms with Crippen LogP contribution >= 0.6 is 0 Å². The molecule has 9 rings (SSSR count). The minimum Gasteiger partial charge on any atom is -0.368 e. The van der Waals surface area contributed by atoms with Gasteiger partial charge < -0.3 is 14.5 Å². The van der Waals surface area contributed by atoms with Crippen molar-refractivity contribution in [1.29, 1.82) is 0 Å². The molecule has 0 fully saturated rings. The van der Waals surface area contributed by atoms with E-state index in [1.165, 1.54) is 71.1 Å². The lowest BCUT2D eigenvalue weighted by atomic mass is 10.0. The van der Waals surface area contributed by atoms with Crippen molar-refractivity contribution in [2.45, 2.75) is 13.1 Å². The number of benzene rings is 6. The molecule has 1 aliphatic heterocycles. The average Bonchev–Trinajstić information content (AvgIpc) is 3.56. The fourth-order valence-electron chi connectivity index (χ4n) is 7.06. The van der Waals surface area contributed by atoms with Gasteiger partial charge in [-0.05, 0) is 89.1 Å². The molecule has 8 aromatic rings. The number of nitrogens with one attached hydrogen (secondary N) is 1. The molecule has 204 valence electrons. The van der Waals surface area contributed by atoms with E-state index >= 15 is 0 Å². The van der Waals surface area contributed by atoms with Crippen molar-refractivity contribution in [3.63, 3.8) is 0 Å². The molecule has 1 unspecified atom stereocenters. The summed E-state index contributed by atoms with van der Waals surface area (Å²) in [6.45, 7) is 2.20. The summed E-state index contributed by atoms with van der Waals surface area (Å²) in [5.41, 5.74) is 9.80. The second kappa shape index (κ2) is 9.23. The van der Waals surface area contributed by atoms with Gasteiger partial charge in [0.25, 0.3) is 0 Å². The van der Waals surface area contributed by atoms with Gasteiger partial charge in [0.15, 0.2) is 0 Å². The van der Waals surface area contributed by atoms with E-state index in [0.717, 1.165) is 5.69 Å². The van der Waals surface area contributed by atoms with Crippen molar-refractivity contribution < 1.29 is 0 Å². The molecule has 0 amide bonds. The van der Waals surface area contributed by atoms with Crippen molar-refractivity contribution in [2.75, 3.05) is 0 Å². The summed E-state index contributed by atoms with van der Waals surface area (Å²) in [5.74, 6) is 0. The van der Waals surface area contributed by atoms with Crippen LogP contribution in [0.4, 0.5) is 0 Å². The number of allylic oxidation sites excluding steroid dienone is 2. The molecule has 0 saturated heterocycles. The van der Waals surface area contributed by atoms with Crippen molar-refractivity contribution in [3.8, 4) is 16.8 Å². The normalized spacial score (nSPS) is 15.1. The average molecular weight is 552 g/mol. The molecule has 0 spiro atoms. The predicted molar refractivity (Wildman–Crippen MR) is 182 cm³/mol. The second-order valence-corrected chi connectivity index (χ2v) is 11.6. The van der Waals surface area contributed by atoms with Gasteiger partial charge in [-0.3, -0.25) is 0 Å². The molecule has 0 radical (unpaired) electrons. The highest BCUT2D eigenvalue weighted by Gasteiger charge is 2.22. The van der Waals surface area contributed by atoms with Gasteiger partial charge in [-0.15, -0.1) is 0 Å². The van der Waals surface area contributed by atoms with Crippen molar-refractivity contribution in [1.82, 2.24) is 14.5 Å². The molecule has 6 aromatic carbocycles. The molecule has 1 atom stereocenters. The van der Waals surface area contributed by atoms with Gasteiger partial charge in [0, 0.05) is 27.2 Å². The van der Waals surface area contributed by atoms with Crippen LogP contribution in [0.1, 0.15) is 13.1 Å². The van der Waals surface area contributed by atoms with Crippen LogP contribution in [0.25, 0.3) is 71.2 Å². The lowest BCUT2D eigenvalue weighted by Gasteiger charge is -2.24. The Bertz CT molecular complexity index is 2450.